The molecule has 0 heterocycles. The third-order valence-corrected chi connectivity index (χ3v) is 3.19. The zero-order chi connectivity index (χ0) is 14.7. The predicted molar refractivity (Wildman–Crippen MR) is 87.7 cm³/mol. The van der Waals surface area contributed by atoms with Crippen LogP contribution in [0, 0.1) is 5.92 Å². The summed E-state index contributed by atoms with van der Waals surface area (Å²) in [7, 11) is 0. The van der Waals surface area contributed by atoms with Gasteiger partial charge in [-0.1, -0.05) is 49.1 Å². The Morgan fingerprint density at radius 3 is 2.32 bits per heavy atom. The highest BCUT2D eigenvalue weighted by Gasteiger charge is 2.03. The maximum atomic E-state index is 3.90. The van der Waals surface area contributed by atoms with Crippen molar-refractivity contribution in [2.75, 3.05) is 0 Å². The van der Waals surface area contributed by atoms with Crippen molar-refractivity contribution in [3.8, 4) is 0 Å². The summed E-state index contributed by atoms with van der Waals surface area (Å²) >= 11 is 0. The van der Waals surface area contributed by atoms with Crippen LogP contribution in [-0.2, 0) is 0 Å². The van der Waals surface area contributed by atoms with Crippen LogP contribution >= 0.6 is 0 Å². The molecular weight excluding hydrogens is 230 g/mol. The molecule has 0 rings (SSSR count). The van der Waals surface area contributed by atoms with Gasteiger partial charge in [-0.25, -0.2) is 0 Å². The van der Waals surface area contributed by atoms with Gasteiger partial charge in [0, 0.05) is 11.6 Å². The third-order valence-electron chi connectivity index (χ3n) is 3.19. The molecule has 0 amide bonds. The van der Waals surface area contributed by atoms with Crippen LogP contribution < -0.4 is 5.32 Å². The van der Waals surface area contributed by atoms with E-state index >= 15 is 0 Å². The van der Waals surface area contributed by atoms with Crippen molar-refractivity contribution in [2.24, 2.45) is 5.92 Å². The van der Waals surface area contributed by atoms with E-state index in [-0.39, 0.29) is 0 Å². The van der Waals surface area contributed by atoms with Crippen LogP contribution in [0.5, 0.6) is 0 Å². The van der Waals surface area contributed by atoms with E-state index in [0.29, 0.717) is 5.92 Å². The second-order valence-electron chi connectivity index (χ2n) is 4.53. The van der Waals surface area contributed by atoms with Crippen LogP contribution in [0.4, 0.5) is 0 Å². The first-order valence-electron chi connectivity index (χ1n) is 6.70. The third kappa shape index (κ3) is 7.30. The van der Waals surface area contributed by atoms with Gasteiger partial charge < -0.3 is 5.32 Å². The number of rotatable bonds is 9. The molecule has 0 aromatic carbocycles. The molecule has 1 unspecified atom stereocenters. The maximum Gasteiger partial charge on any atom is 0.00774 e. The normalized spacial score (nSPS) is 14.8. The zero-order valence-electron chi connectivity index (χ0n) is 12.6. The van der Waals surface area contributed by atoms with E-state index in [1.54, 1.807) is 6.20 Å². The molecule has 1 N–H and O–H groups in total. The maximum absolute atomic E-state index is 3.90. The van der Waals surface area contributed by atoms with E-state index in [1.165, 1.54) is 11.1 Å². The number of hydrogen-bond donors (Lipinski definition) is 1. The first-order chi connectivity index (χ1) is 9.08. The van der Waals surface area contributed by atoms with E-state index in [1.807, 2.05) is 19.1 Å². The summed E-state index contributed by atoms with van der Waals surface area (Å²) in [6, 6.07) is 0. The summed E-state index contributed by atoms with van der Waals surface area (Å²) in [5.41, 5.74) is 3.70. The zero-order valence-corrected chi connectivity index (χ0v) is 12.6. The van der Waals surface area contributed by atoms with Gasteiger partial charge in [0.2, 0.25) is 0 Å². The molecule has 0 aromatic heterocycles. The lowest BCUT2D eigenvalue weighted by atomic mass is 9.95. The molecule has 1 atom stereocenters. The van der Waals surface area contributed by atoms with Crippen molar-refractivity contribution < 1.29 is 0 Å². The molecule has 0 radical (unpaired) electrons. The number of allylic oxidation sites excluding steroid dienone is 8. The largest absolute Gasteiger partial charge is 0.366 e. The molecule has 19 heavy (non-hydrogen) atoms. The number of nitrogens with one attached hydrogen (secondary N) is 1. The molecule has 0 aliphatic rings. The highest BCUT2D eigenvalue weighted by Crippen LogP contribution is 2.18. The second kappa shape index (κ2) is 10.2. The van der Waals surface area contributed by atoms with Gasteiger partial charge >= 0.3 is 0 Å². The monoisotopic (exact) mass is 257 g/mol. The van der Waals surface area contributed by atoms with E-state index in [0.717, 1.165) is 18.5 Å². The lowest BCUT2D eigenvalue weighted by Gasteiger charge is -2.11. The first-order valence-corrected chi connectivity index (χ1v) is 6.70. The lowest BCUT2D eigenvalue weighted by molar-refractivity contribution is 0.770. The summed E-state index contributed by atoms with van der Waals surface area (Å²) in [6.07, 6.45) is 14.0. The van der Waals surface area contributed by atoms with Crippen molar-refractivity contribution in [1.29, 1.82) is 0 Å². The Morgan fingerprint density at radius 2 is 1.84 bits per heavy atom. The molecular formula is C18H27N. The fourth-order valence-electron chi connectivity index (χ4n) is 1.70. The van der Waals surface area contributed by atoms with Crippen LogP contribution in [0.15, 0.2) is 73.2 Å². The van der Waals surface area contributed by atoms with Gasteiger partial charge in [-0.05, 0) is 45.4 Å². The molecule has 0 saturated carbocycles. The van der Waals surface area contributed by atoms with Crippen LogP contribution in [0.1, 0.15) is 33.6 Å². The first kappa shape index (κ1) is 17.2. The Labute approximate surface area is 118 Å². The van der Waals surface area contributed by atoms with Crippen molar-refractivity contribution in [3.63, 3.8) is 0 Å². The van der Waals surface area contributed by atoms with Crippen molar-refractivity contribution in [2.45, 2.75) is 33.6 Å². The quantitative estimate of drug-likeness (QED) is 0.437. The van der Waals surface area contributed by atoms with Gasteiger partial charge in [0.05, 0.1) is 0 Å². The summed E-state index contributed by atoms with van der Waals surface area (Å²) < 4.78 is 0. The Balaban J connectivity index is 4.64. The second-order valence-corrected chi connectivity index (χ2v) is 4.53. The highest BCUT2D eigenvalue weighted by atomic mass is 14.8. The van der Waals surface area contributed by atoms with Gasteiger partial charge in [-0.15, -0.1) is 6.58 Å². The van der Waals surface area contributed by atoms with E-state index in [2.05, 4.69) is 57.1 Å². The molecule has 1 heteroatoms. The molecule has 0 spiro atoms. The SMILES string of the molecule is C=CN/C(C)=C/C/C(C=C)=C\CC(C=C)/C(C)=C/C. The fourth-order valence-corrected chi connectivity index (χ4v) is 1.70. The molecule has 0 bridgehead atoms. The minimum atomic E-state index is 0.413. The Kier molecular flexibility index (Phi) is 9.25. The van der Waals surface area contributed by atoms with Crippen LogP contribution in [0.3, 0.4) is 0 Å². The summed E-state index contributed by atoms with van der Waals surface area (Å²) in [6.45, 7) is 17.7. The Morgan fingerprint density at radius 1 is 1.16 bits per heavy atom. The van der Waals surface area contributed by atoms with Crippen LogP contribution in [0.25, 0.3) is 0 Å². The van der Waals surface area contributed by atoms with Gasteiger partial charge in [0.1, 0.15) is 0 Å². The van der Waals surface area contributed by atoms with Gasteiger partial charge in [0.15, 0.2) is 0 Å². The van der Waals surface area contributed by atoms with Crippen molar-refractivity contribution >= 4 is 0 Å². The minimum absolute atomic E-state index is 0.413. The molecule has 0 aliphatic heterocycles. The highest BCUT2D eigenvalue weighted by molar-refractivity contribution is 5.22. The lowest BCUT2D eigenvalue weighted by Crippen LogP contribution is -1.99. The number of hydrogen-bond acceptors (Lipinski definition) is 1. The fraction of sp³-hybridized carbons (Fsp3) is 0.333. The van der Waals surface area contributed by atoms with Gasteiger partial charge in [-0.2, -0.15) is 0 Å². The molecule has 104 valence electrons. The molecule has 1 nitrogen and oxygen atoms in total. The average Bonchev–Trinajstić information content (AvgIpc) is 2.42. The van der Waals surface area contributed by atoms with Crippen LogP contribution in [-0.4, -0.2) is 0 Å². The smallest absolute Gasteiger partial charge is 0.00774 e. The van der Waals surface area contributed by atoms with E-state index in [9.17, 15) is 0 Å². The predicted octanol–water partition coefficient (Wildman–Crippen LogP) is 5.28. The summed E-state index contributed by atoms with van der Waals surface area (Å²) in [4.78, 5) is 0. The summed E-state index contributed by atoms with van der Waals surface area (Å²) in [5, 5.41) is 3.07. The van der Waals surface area contributed by atoms with Gasteiger partial charge in [-0.3, -0.25) is 0 Å². The molecule has 0 aliphatic carbocycles. The van der Waals surface area contributed by atoms with Gasteiger partial charge in [0.25, 0.3) is 0 Å². The standard InChI is InChI=1S/C18H27N/c1-7-15(5)18(9-3)14-13-17(8-2)12-11-16(6)19-10-4/h7-11,13,18-19H,2-4,12,14H2,1,5-6H3/b15-7+,16-11+,17-13-. The average molecular weight is 257 g/mol. The molecule has 0 saturated heterocycles. The Bertz CT molecular complexity index is 394. The minimum Gasteiger partial charge on any atom is -0.366 e. The topological polar surface area (TPSA) is 12.0 Å². The van der Waals surface area contributed by atoms with E-state index < -0.39 is 0 Å². The molecule has 0 aromatic rings. The van der Waals surface area contributed by atoms with Crippen molar-refractivity contribution in [3.05, 3.63) is 73.2 Å². The molecule has 0 fully saturated rings. The van der Waals surface area contributed by atoms with Crippen LogP contribution in [0.2, 0.25) is 0 Å². The van der Waals surface area contributed by atoms with E-state index in [4.69, 9.17) is 0 Å². The Hall–Kier alpha value is -1.76. The van der Waals surface area contributed by atoms with Crippen molar-refractivity contribution in [1.82, 2.24) is 5.32 Å². The summed E-state index contributed by atoms with van der Waals surface area (Å²) in [5.74, 6) is 0.413.